The normalized spacial score (nSPS) is 22.1. The Kier molecular flexibility index (Phi) is 5.94. The molecule has 3 atom stereocenters. The van der Waals surface area contributed by atoms with Crippen LogP contribution in [0.4, 0.5) is 0 Å². The number of nitrogens with one attached hydrogen (secondary N) is 2. The molecule has 3 N–H and O–H groups in total. The number of thioether (sulfide) groups is 1. The Labute approximate surface area is 172 Å². The van der Waals surface area contributed by atoms with Gasteiger partial charge in [-0.15, -0.1) is 11.8 Å². The van der Waals surface area contributed by atoms with Gasteiger partial charge in [-0.1, -0.05) is 6.07 Å². The first-order valence-corrected chi connectivity index (χ1v) is 10.5. The Bertz CT molecular complexity index is 1040. The second kappa shape index (κ2) is 8.77. The Morgan fingerprint density at radius 1 is 1.41 bits per heavy atom. The zero-order chi connectivity index (χ0) is 20.2. The maximum absolute atomic E-state index is 10.5. The van der Waals surface area contributed by atoms with Crippen molar-refractivity contribution in [1.29, 1.82) is 5.41 Å². The van der Waals surface area contributed by atoms with Crippen LogP contribution in [0.5, 0.6) is 5.75 Å². The van der Waals surface area contributed by atoms with Crippen LogP contribution in [-0.4, -0.2) is 51.5 Å². The van der Waals surface area contributed by atoms with E-state index in [1.165, 1.54) is 11.8 Å². The Hall–Kier alpha value is -2.68. The molecule has 0 saturated carbocycles. The van der Waals surface area contributed by atoms with E-state index in [9.17, 15) is 5.11 Å². The van der Waals surface area contributed by atoms with Crippen LogP contribution in [-0.2, 0) is 4.74 Å². The molecule has 29 heavy (non-hydrogen) atoms. The van der Waals surface area contributed by atoms with Crippen LogP contribution < -0.4 is 4.74 Å². The lowest BCUT2D eigenvalue weighted by atomic mass is 10.1. The van der Waals surface area contributed by atoms with Crippen LogP contribution in [0.15, 0.2) is 53.7 Å². The standard InChI is InChI=1S/C21H22N4O3S/c1-29-21(24-12-22)17-7-6-16(25-17)20-19(26)10-15(28-20)11-27-14-5-4-13-3-2-8-23-18(13)9-14/h2-9,12,15,19-20,22,25-26H,10-11H2,1H3/b22-12?,24-21+/t15-,19+,20-/m0/s1. The number of benzene rings is 1. The van der Waals surface area contributed by atoms with Crippen molar-refractivity contribution in [3.63, 3.8) is 0 Å². The summed E-state index contributed by atoms with van der Waals surface area (Å²) in [5.41, 5.74) is 2.47. The molecule has 0 amide bonds. The van der Waals surface area contributed by atoms with E-state index >= 15 is 0 Å². The summed E-state index contributed by atoms with van der Waals surface area (Å²) >= 11 is 1.45. The van der Waals surface area contributed by atoms with Crippen molar-refractivity contribution < 1.29 is 14.6 Å². The fourth-order valence-electron chi connectivity index (χ4n) is 3.45. The number of aliphatic hydroxyl groups is 1. The van der Waals surface area contributed by atoms with Gasteiger partial charge in [0.2, 0.25) is 0 Å². The molecule has 3 aromatic rings. The van der Waals surface area contributed by atoms with Gasteiger partial charge in [0.25, 0.3) is 0 Å². The summed E-state index contributed by atoms with van der Waals surface area (Å²) < 4.78 is 11.9. The molecule has 150 valence electrons. The maximum Gasteiger partial charge on any atom is 0.124 e. The molecule has 1 aromatic carbocycles. The van der Waals surface area contributed by atoms with Crippen LogP contribution in [0.1, 0.15) is 23.9 Å². The highest BCUT2D eigenvalue weighted by Gasteiger charge is 2.36. The van der Waals surface area contributed by atoms with E-state index in [2.05, 4.69) is 15.0 Å². The number of aromatic nitrogens is 2. The molecule has 2 aromatic heterocycles. The molecule has 1 saturated heterocycles. The van der Waals surface area contributed by atoms with Crippen LogP contribution >= 0.6 is 11.8 Å². The van der Waals surface area contributed by atoms with Crippen molar-refractivity contribution in [3.05, 3.63) is 60.0 Å². The number of fused-ring (bicyclic) bond motifs is 1. The van der Waals surface area contributed by atoms with Crippen LogP contribution in [0.2, 0.25) is 0 Å². The lowest BCUT2D eigenvalue weighted by molar-refractivity contribution is -0.00860. The molecule has 0 aliphatic carbocycles. The average molecular weight is 410 g/mol. The molecular weight excluding hydrogens is 388 g/mol. The number of nitrogens with zero attached hydrogens (tertiary/aromatic N) is 2. The molecule has 4 rings (SSSR count). The van der Waals surface area contributed by atoms with Gasteiger partial charge in [-0.2, -0.15) is 0 Å². The third-order valence-electron chi connectivity index (χ3n) is 4.83. The Morgan fingerprint density at radius 3 is 3.14 bits per heavy atom. The van der Waals surface area contributed by atoms with Crippen LogP contribution in [0, 0.1) is 5.41 Å². The Morgan fingerprint density at radius 2 is 2.31 bits per heavy atom. The van der Waals surface area contributed by atoms with Gasteiger partial charge in [-0.3, -0.25) is 10.4 Å². The molecule has 1 fully saturated rings. The van der Waals surface area contributed by atoms with E-state index in [0.29, 0.717) is 18.1 Å². The minimum absolute atomic E-state index is 0.212. The van der Waals surface area contributed by atoms with Crippen molar-refractivity contribution >= 4 is 34.0 Å². The van der Waals surface area contributed by atoms with Gasteiger partial charge < -0.3 is 19.6 Å². The molecule has 3 heterocycles. The second-order valence-corrected chi connectivity index (χ2v) is 7.54. The number of aromatic amines is 1. The van der Waals surface area contributed by atoms with Crippen molar-refractivity contribution in [1.82, 2.24) is 9.97 Å². The number of aliphatic hydroxyl groups excluding tert-OH is 1. The summed E-state index contributed by atoms with van der Waals surface area (Å²) in [7, 11) is 0. The smallest absolute Gasteiger partial charge is 0.124 e. The number of ether oxygens (including phenoxy) is 2. The van der Waals surface area contributed by atoms with E-state index < -0.39 is 12.2 Å². The molecule has 7 nitrogen and oxygen atoms in total. The molecule has 0 radical (unpaired) electrons. The first kappa shape index (κ1) is 19.6. The van der Waals surface area contributed by atoms with Crippen molar-refractivity contribution in [2.24, 2.45) is 4.99 Å². The topological polar surface area (TPSA) is 104 Å². The summed E-state index contributed by atoms with van der Waals surface area (Å²) in [5, 5.41) is 19.4. The lowest BCUT2D eigenvalue weighted by Gasteiger charge is -2.14. The second-order valence-electron chi connectivity index (χ2n) is 6.75. The van der Waals surface area contributed by atoms with Crippen molar-refractivity contribution in [2.45, 2.75) is 24.7 Å². The van der Waals surface area contributed by atoms with E-state index in [1.807, 2.05) is 48.7 Å². The number of hydrogen-bond acceptors (Lipinski definition) is 6. The van der Waals surface area contributed by atoms with Gasteiger partial charge >= 0.3 is 0 Å². The average Bonchev–Trinajstić information content (AvgIpc) is 3.37. The number of pyridine rings is 1. The summed E-state index contributed by atoms with van der Waals surface area (Å²) in [6, 6.07) is 13.5. The highest BCUT2D eigenvalue weighted by atomic mass is 32.2. The van der Waals surface area contributed by atoms with Crippen LogP contribution in [0.3, 0.4) is 0 Å². The fourth-order valence-corrected chi connectivity index (χ4v) is 3.95. The molecule has 8 heteroatoms. The first-order chi connectivity index (χ1) is 14.2. The zero-order valence-corrected chi connectivity index (χ0v) is 16.7. The quantitative estimate of drug-likeness (QED) is 0.426. The predicted molar refractivity (Wildman–Crippen MR) is 115 cm³/mol. The molecule has 0 spiro atoms. The van der Waals surface area contributed by atoms with E-state index in [1.54, 1.807) is 6.20 Å². The van der Waals surface area contributed by atoms with E-state index in [4.69, 9.17) is 14.9 Å². The number of H-pyrrole nitrogens is 1. The first-order valence-electron chi connectivity index (χ1n) is 9.29. The summed E-state index contributed by atoms with van der Waals surface area (Å²) in [4.78, 5) is 11.6. The minimum atomic E-state index is -0.620. The predicted octanol–water partition coefficient (Wildman–Crippen LogP) is 3.55. The third kappa shape index (κ3) is 4.34. The van der Waals surface area contributed by atoms with Gasteiger partial charge in [0.05, 0.1) is 23.4 Å². The number of aliphatic imine (C=N–C) groups is 1. The molecule has 1 aliphatic heterocycles. The monoisotopic (exact) mass is 410 g/mol. The largest absolute Gasteiger partial charge is 0.491 e. The summed E-state index contributed by atoms with van der Waals surface area (Å²) in [6.07, 6.45) is 3.89. The van der Waals surface area contributed by atoms with Gasteiger partial charge in [0, 0.05) is 29.8 Å². The van der Waals surface area contributed by atoms with Gasteiger partial charge in [-0.25, -0.2) is 4.99 Å². The zero-order valence-electron chi connectivity index (χ0n) is 15.9. The summed E-state index contributed by atoms with van der Waals surface area (Å²) in [6.45, 7) is 0.352. The highest BCUT2D eigenvalue weighted by Crippen LogP contribution is 2.33. The number of hydrogen-bond donors (Lipinski definition) is 3. The fraction of sp³-hybridized carbons (Fsp3) is 0.286. The van der Waals surface area contributed by atoms with Gasteiger partial charge in [0.1, 0.15) is 29.8 Å². The van der Waals surface area contributed by atoms with E-state index in [-0.39, 0.29) is 6.10 Å². The lowest BCUT2D eigenvalue weighted by Crippen LogP contribution is -2.17. The maximum atomic E-state index is 10.5. The van der Waals surface area contributed by atoms with Gasteiger partial charge in [-0.05, 0) is 36.6 Å². The minimum Gasteiger partial charge on any atom is -0.491 e. The highest BCUT2D eigenvalue weighted by molar-refractivity contribution is 8.13. The van der Waals surface area contributed by atoms with Crippen molar-refractivity contribution in [3.8, 4) is 5.75 Å². The number of rotatable bonds is 6. The molecular formula is C21H22N4O3S. The molecule has 1 aliphatic rings. The van der Waals surface area contributed by atoms with Crippen molar-refractivity contribution in [2.75, 3.05) is 12.9 Å². The molecule has 0 unspecified atom stereocenters. The SMILES string of the molecule is CS/C(=N/C=N)c1ccc([C@@H]2O[C@H](COc3ccc4cccnc4c3)C[C@H]2O)[nH]1. The van der Waals surface area contributed by atoms with Crippen LogP contribution in [0.25, 0.3) is 10.9 Å². The summed E-state index contributed by atoms with van der Waals surface area (Å²) in [5.74, 6) is 0.729. The molecule has 0 bridgehead atoms. The third-order valence-corrected chi connectivity index (χ3v) is 5.54. The van der Waals surface area contributed by atoms with E-state index in [0.717, 1.165) is 34.4 Å². The van der Waals surface area contributed by atoms with Gasteiger partial charge in [0.15, 0.2) is 0 Å². The Balaban J connectivity index is 1.40.